The van der Waals surface area contributed by atoms with Gasteiger partial charge in [0.1, 0.15) is 0 Å². The lowest BCUT2D eigenvalue weighted by Crippen LogP contribution is -2.25. The van der Waals surface area contributed by atoms with Crippen molar-refractivity contribution in [2.75, 3.05) is 12.3 Å². The molecule has 3 N–H and O–H groups in total. The fourth-order valence-corrected chi connectivity index (χ4v) is 3.65. The van der Waals surface area contributed by atoms with E-state index in [1.165, 1.54) is 0 Å². The van der Waals surface area contributed by atoms with Crippen LogP contribution >= 0.6 is 0 Å². The number of nitrogens with two attached hydrogens (primary N) is 1. The van der Waals surface area contributed by atoms with E-state index in [0.29, 0.717) is 22.5 Å². The number of sulfonamides is 1. The largest absolute Gasteiger partial charge is 0.398 e. The SMILES string of the molecule is CCCCCCNS(=O)(=O)c1ccc(N)c2ccccc12. The van der Waals surface area contributed by atoms with Gasteiger partial charge >= 0.3 is 0 Å². The van der Waals surface area contributed by atoms with Crippen LogP contribution in [0.15, 0.2) is 41.3 Å². The van der Waals surface area contributed by atoms with Crippen molar-refractivity contribution in [3.8, 4) is 0 Å². The van der Waals surface area contributed by atoms with E-state index in [9.17, 15) is 8.42 Å². The van der Waals surface area contributed by atoms with Gasteiger partial charge in [0.25, 0.3) is 0 Å². The molecule has 5 heteroatoms. The lowest BCUT2D eigenvalue weighted by Gasteiger charge is -2.11. The predicted octanol–water partition coefficient (Wildman–Crippen LogP) is 3.28. The van der Waals surface area contributed by atoms with Crippen molar-refractivity contribution in [2.45, 2.75) is 37.5 Å². The highest BCUT2D eigenvalue weighted by Crippen LogP contribution is 2.27. The summed E-state index contributed by atoms with van der Waals surface area (Å²) in [5.41, 5.74) is 6.50. The molecule has 0 amide bonds. The molecular formula is C16H22N2O2S. The van der Waals surface area contributed by atoms with Gasteiger partial charge in [-0.15, -0.1) is 0 Å². The van der Waals surface area contributed by atoms with Crippen LogP contribution in [0, 0.1) is 0 Å². The number of nitrogen functional groups attached to an aromatic ring is 1. The third-order valence-corrected chi connectivity index (χ3v) is 5.05. The average molecular weight is 306 g/mol. The first-order valence-electron chi connectivity index (χ1n) is 7.33. The summed E-state index contributed by atoms with van der Waals surface area (Å²) in [6, 6.07) is 10.5. The molecule has 2 aromatic carbocycles. The van der Waals surface area contributed by atoms with Gasteiger partial charge in [0.05, 0.1) is 4.90 Å². The summed E-state index contributed by atoms with van der Waals surface area (Å²) in [5, 5.41) is 1.44. The zero-order valence-corrected chi connectivity index (χ0v) is 13.1. The van der Waals surface area contributed by atoms with Crippen molar-refractivity contribution < 1.29 is 8.42 Å². The Hall–Kier alpha value is -1.59. The Labute approximate surface area is 126 Å². The maximum absolute atomic E-state index is 12.4. The summed E-state index contributed by atoms with van der Waals surface area (Å²) in [7, 11) is -3.50. The molecular weight excluding hydrogens is 284 g/mol. The lowest BCUT2D eigenvalue weighted by molar-refractivity contribution is 0.574. The highest BCUT2D eigenvalue weighted by atomic mass is 32.2. The second-order valence-electron chi connectivity index (χ2n) is 5.16. The van der Waals surface area contributed by atoms with Gasteiger partial charge in [-0.2, -0.15) is 0 Å². The van der Waals surface area contributed by atoms with Crippen LogP contribution in [-0.4, -0.2) is 15.0 Å². The number of fused-ring (bicyclic) bond motifs is 1. The fraction of sp³-hybridized carbons (Fsp3) is 0.375. The van der Waals surface area contributed by atoms with Crippen LogP contribution in [0.3, 0.4) is 0 Å². The molecule has 0 unspecified atom stereocenters. The Morgan fingerprint density at radius 1 is 1.00 bits per heavy atom. The molecule has 0 heterocycles. The zero-order chi connectivity index (χ0) is 15.3. The molecule has 0 aliphatic rings. The number of unbranched alkanes of at least 4 members (excludes halogenated alkanes) is 3. The molecule has 0 fully saturated rings. The smallest absolute Gasteiger partial charge is 0.241 e. The monoisotopic (exact) mass is 306 g/mol. The maximum atomic E-state index is 12.4. The molecule has 0 aliphatic heterocycles. The Balaban J connectivity index is 2.23. The molecule has 114 valence electrons. The van der Waals surface area contributed by atoms with Crippen LogP contribution in [0.5, 0.6) is 0 Å². The first-order chi connectivity index (χ1) is 10.1. The van der Waals surface area contributed by atoms with E-state index in [0.717, 1.165) is 31.1 Å². The first-order valence-corrected chi connectivity index (χ1v) is 8.81. The van der Waals surface area contributed by atoms with E-state index >= 15 is 0 Å². The van der Waals surface area contributed by atoms with Gasteiger partial charge in [-0.05, 0) is 18.6 Å². The standard InChI is InChI=1S/C16H22N2O2S/c1-2-3-4-7-12-18-21(19,20)16-11-10-15(17)13-8-5-6-9-14(13)16/h5-6,8-11,18H,2-4,7,12,17H2,1H3. The van der Waals surface area contributed by atoms with Crippen LogP contribution in [-0.2, 0) is 10.0 Å². The molecule has 0 radical (unpaired) electrons. The van der Waals surface area contributed by atoms with E-state index in [2.05, 4.69) is 11.6 Å². The molecule has 0 bridgehead atoms. The molecule has 0 saturated carbocycles. The first kappa shape index (κ1) is 15.8. The maximum Gasteiger partial charge on any atom is 0.241 e. The van der Waals surface area contributed by atoms with Crippen molar-refractivity contribution in [3.63, 3.8) is 0 Å². The van der Waals surface area contributed by atoms with E-state index in [1.54, 1.807) is 18.2 Å². The normalized spacial score (nSPS) is 11.9. The summed E-state index contributed by atoms with van der Waals surface area (Å²) in [4.78, 5) is 0.294. The molecule has 0 aromatic heterocycles. The molecule has 0 aliphatic carbocycles. The Morgan fingerprint density at radius 3 is 2.43 bits per heavy atom. The van der Waals surface area contributed by atoms with Gasteiger partial charge in [-0.3, -0.25) is 0 Å². The average Bonchev–Trinajstić information content (AvgIpc) is 2.47. The summed E-state index contributed by atoms with van der Waals surface area (Å²) in [5.74, 6) is 0. The predicted molar refractivity (Wildman–Crippen MR) is 87.7 cm³/mol. The van der Waals surface area contributed by atoms with Crippen LogP contribution in [0.4, 0.5) is 5.69 Å². The number of nitrogens with one attached hydrogen (secondary N) is 1. The van der Waals surface area contributed by atoms with Crippen molar-refractivity contribution in [1.82, 2.24) is 4.72 Å². The van der Waals surface area contributed by atoms with Crippen LogP contribution in [0.25, 0.3) is 10.8 Å². The van der Waals surface area contributed by atoms with Crippen LogP contribution < -0.4 is 10.5 Å². The van der Waals surface area contributed by atoms with E-state index < -0.39 is 10.0 Å². The Bertz CT molecular complexity index is 711. The molecule has 4 nitrogen and oxygen atoms in total. The minimum absolute atomic E-state index is 0.294. The molecule has 0 atom stereocenters. The Morgan fingerprint density at radius 2 is 1.71 bits per heavy atom. The quantitative estimate of drug-likeness (QED) is 0.609. The number of rotatable bonds is 7. The van der Waals surface area contributed by atoms with E-state index in [-0.39, 0.29) is 0 Å². The minimum Gasteiger partial charge on any atom is -0.398 e. The van der Waals surface area contributed by atoms with Gasteiger partial charge in [0.2, 0.25) is 10.0 Å². The Kier molecular flexibility index (Phi) is 5.20. The highest BCUT2D eigenvalue weighted by molar-refractivity contribution is 7.89. The fourth-order valence-electron chi connectivity index (χ4n) is 2.37. The number of hydrogen-bond donors (Lipinski definition) is 2. The topological polar surface area (TPSA) is 72.2 Å². The van der Waals surface area contributed by atoms with Crippen molar-refractivity contribution >= 4 is 26.5 Å². The van der Waals surface area contributed by atoms with Crippen molar-refractivity contribution in [1.29, 1.82) is 0 Å². The van der Waals surface area contributed by atoms with Crippen molar-refractivity contribution in [3.05, 3.63) is 36.4 Å². The molecule has 21 heavy (non-hydrogen) atoms. The van der Waals surface area contributed by atoms with Crippen LogP contribution in [0.2, 0.25) is 0 Å². The van der Waals surface area contributed by atoms with Gasteiger partial charge in [-0.1, -0.05) is 50.5 Å². The molecule has 2 rings (SSSR count). The van der Waals surface area contributed by atoms with E-state index in [1.807, 2.05) is 18.2 Å². The third-order valence-electron chi connectivity index (χ3n) is 3.53. The summed E-state index contributed by atoms with van der Waals surface area (Å²) in [6.07, 6.45) is 4.17. The molecule has 0 spiro atoms. The van der Waals surface area contributed by atoms with Crippen LogP contribution in [0.1, 0.15) is 32.6 Å². The van der Waals surface area contributed by atoms with Gasteiger partial charge in [0, 0.05) is 23.0 Å². The lowest BCUT2D eigenvalue weighted by atomic mass is 10.1. The van der Waals surface area contributed by atoms with Gasteiger partial charge in [0.15, 0.2) is 0 Å². The third kappa shape index (κ3) is 3.74. The molecule has 0 saturated heterocycles. The number of anilines is 1. The van der Waals surface area contributed by atoms with Gasteiger partial charge in [-0.25, -0.2) is 13.1 Å². The van der Waals surface area contributed by atoms with Gasteiger partial charge < -0.3 is 5.73 Å². The molecule has 2 aromatic rings. The number of hydrogen-bond acceptors (Lipinski definition) is 3. The van der Waals surface area contributed by atoms with E-state index in [4.69, 9.17) is 5.73 Å². The summed E-state index contributed by atoms with van der Waals surface area (Å²) >= 11 is 0. The second-order valence-corrected chi connectivity index (χ2v) is 6.89. The minimum atomic E-state index is -3.50. The second kappa shape index (κ2) is 6.91. The number of benzene rings is 2. The zero-order valence-electron chi connectivity index (χ0n) is 12.3. The van der Waals surface area contributed by atoms with Crippen molar-refractivity contribution in [2.24, 2.45) is 0 Å². The summed E-state index contributed by atoms with van der Waals surface area (Å²) in [6.45, 7) is 2.60. The highest BCUT2D eigenvalue weighted by Gasteiger charge is 2.17. The summed E-state index contributed by atoms with van der Waals surface area (Å²) < 4.78 is 27.6.